The van der Waals surface area contributed by atoms with Crippen LogP contribution in [0.25, 0.3) is 0 Å². The number of benzene rings is 1. The Labute approximate surface area is 92.8 Å². The Bertz CT molecular complexity index is 295. The Hall–Kier alpha value is -0.830. The second-order valence-electron chi connectivity index (χ2n) is 3.08. The quantitative estimate of drug-likeness (QED) is 0.822. The lowest BCUT2D eigenvalue weighted by Gasteiger charge is -2.04. The molecule has 0 saturated heterocycles. The molecule has 0 aliphatic heterocycles. The predicted octanol–water partition coefficient (Wildman–Crippen LogP) is 2.26. The Balaban J connectivity index is 2.47. The Morgan fingerprint density at radius 2 is 1.86 bits per heavy atom. The van der Waals surface area contributed by atoms with Crippen molar-refractivity contribution in [3.63, 3.8) is 0 Å². The fourth-order valence-corrected chi connectivity index (χ4v) is 1.34. The van der Waals surface area contributed by atoms with Gasteiger partial charge in [-0.1, -0.05) is 47.1 Å². The summed E-state index contributed by atoms with van der Waals surface area (Å²) in [5.41, 5.74) is 2.46. The molecule has 1 rings (SSSR count). The van der Waals surface area contributed by atoms with Crippen LogP contribution in [0.5, 0.6) is 0 Å². The topological polar surface area (TPSA) is 29.1 Å². The van der Waals surface area contributed by atoms with Crippen LogP contribution in [0.15, 0.2) is 24.3 Å². The van der Waals surface area contributed by atoms with Crippen LogP contribution in [-0.4, -0.2) is 11.2 Å². The molecule has 1 amide bonds. The fraction of sp³-hybridized carbons (Fsp3) is 0.364. The highest BCUT2D eigenvalue weighted by Crippen LogP contribution is 2.04. The van der Waals surface area contributed by atoms with E-state index in [-0.39, 0.29) is 5.91 Å². The minimum Gasteiger partial charge on any atom is -0.351 e. The smallest absolute Gasteiger partial charge is 0.230 e. The number of nitrogens with one attached hydrogen (secondary N) is 1. The summed E-state index contributed by atoms with van der Waals surface area (Å²) < 4.78 is 0. The Morgan fingerprint density at radius 1 is 1.29 bits per heavy atom. The van der Waals surface area contributed by atoms with E-state index >= 15 is 0 Å². The third-order valence-electron chi connectivity index (χ3n) is 2.04. The van der Waals surface area contributed by atoms with E-state index in [1.54, 1.807) is 0 Å². The zero-order valence-electron chi connectivity index (χ0n) is 8.22. The molecule has 0 heterocycles. The molecule has 0 aliphatic rings. The van der Waals surface area contributed by atoms with Gasteiger partial charge in [-0.15, -0.1) is 0 Å². The Kier molecular flexibility index (Phi) is 4.66. The predicted molar refractivity (Wildman–Crippen MR) is 61.5 cm³/mol. The summed E-state index contributed by atoms with van der Waals surface area (Å²) in [5.74, 6) is 0.0181. The monoisotopic (exact) mass is 255 g/mol. The van der Waals surface area contributed by atoms with E-state index in [0.717, 1.165) is 12.0 Å². The highest BCUT2D eigenvalue weighted by molar-refractivity contribution is 9.09. The van der Waals surface area contributed by atoms with Crippen molar-refractivity contribution >= 4 is 21.8 Å². The molecule has 0 radical (unpaired) electrons. The van der Waals surface area contributed by atoms with Crippen LogP contribution in [0.4, 0.5) is 0 Å². The highest BCUT2D eigenvalue weighted by atomic mass is 79.9. The van der Waals surface area contributed by atoms with Gasteiger partial charge in [0.1, 0.15) is 0 Å². The summed E-state index contributed by atoms with van der Waals surface area (Å²) in [6, 6.07) is 8.28. The molecule has 1 aromatic rings. The molecule has 0 atom stereocenters. The van der Waals surface area contributed by atoms with Gasteiger partial charge in [0, 0.05) is 6.54 Å². The highest BCUT2D eigenvalue weighted by Gasteiger charge is 1.97. The van der Waals surface area contributed by atoms with E-state index in [1.165, 1.54) is 5.56 Å². The van der Waals surface area contributed by atoms with Crippen LogP contribution in [-0.2, 0) is 17.8 Å². The van der Waals surface area contributed by atoms with E-state index in [4.69, 9.17) is 0 Å². The average molecular weight is 256 g/mol. The lowest BCUT2D eigenvalue weighted by Crippen LogP contribution is -2.23. The minimum atomic E-state index is 0.0181. The molecule has 0 spiro atoms. The number of alkyl halides is 1. The molecule has 3 heteroatoms. The second-order valence-corrected chi connectivity index (χ2v) is 3.64. The number of hydrogen-bond acceptors (Lipinski definition) is 1. The van der Waals surface area contributed by atoms with Crippen LogP contribution in [0.3, 0.4) is 0 Å². The molecule has 14 heavy (non-hydrogen) atoms. The molecule has 76 valence electrons. The number of carbonyl (C=O) groups excluding carboxylic acids is 1. The number of rotatable bonds is 4. The molecule has 0 unspecified atom stereocenters. The molecule has 0 bridgehead atoms. The zero-order valence-corrected chi connectivity index (χ0v) is 9.80. The van der Waals surface area contributed by atoms with Gasteiger partial charge in [0.25, 0.3) is 0 Å². The first kappa shape index (κ1) is 11.2. The number of carbonyl (C=O) groups is 1. The lowest BCUT2D eigenvalue weighted by atomic mass is 10.1. The number of aryl methyl sites for hydroxylation is 1. The molecule has 0 aromatic heterocycles. The first-order chi connectivity index (χ1) is 6.76. The van der Waals surface area contributed by atoms with E-state index in [2.05, 4.69) is 40.3 Å². The maximum Gasteiger partial charge on any atom is 0.230 e. The van der Waals surface area contributed by atoms with Crippen LogP contribution >= 0.6 is 15.9 Å². The van der Waals surface area contributed by atoms with Crippen molar-refractivity contribution in [2.75, 3.05) is 5.33 Å². The van der Waals surface area contributed by atoms with Crippen LogP contribution in [0.2, 0.25) is 0 Å². The van der Waals surface area contributed by atoms with E-state index < -0.39 is 0 Å². The van der Waals surface area contributed by atoms with Crippen molar-refractivity contribution < 1.29 is 4.79 Å². The first-order valence-corrected chi connectivity index (χ1v) is 5.79. The molecular formula is C11H14BrNO. The second kappa shape index (κ2) is 5.81. The molecule has 2 nitrogen and oxygen atoms in total. The maximum absolute atomic E-state index is 11.0. The third-order valence-corrected chi connectivity index (χ3v) is 2.55. The van der Waals surface area contributed by atoms with Gasteiger partial charge in [-0.2, -0.15) is 0 Å². The summed E-state index contributed by atoms with van der Waals surface area (Å²) in [6.07, 6.45) is 1.05. The van der Waals surface area contributed by atoms with E-state index in [1.807, 2.05) is 12.1 Å². The lowest BCUT2D eigenvalue weighted by molar-refractivity contribution is -0.118. The van der Waals surface area contributed by atoms with Crippen molar-refractivity contribution in [1.82, 2.24) is 5.32 Å². The fourth-order valence-electron chi connectivity index (χ4n) is 1.14. The summed E-state index contributed by atoms with van der Waals surface area (Å²) in [5, 5.41) is 3.16. The van der Waals surface area contributed by atoms with Crippen molar-refractivity contribution in [2.24, 2.45) is 0 Å². The Morgan fingerprint density at radius 3 is 2.36 bits per heavy atom. The standard InChI is InChI=1S/C11H14BrNO/c1-2-9-3-5-10(6-4-9)8-13-11(14)7-12/h3-6H,2,7-8H2,1H3,(H,13,14). The normalized spacial score (nSPS) is 9.86. The molecule has 1 aromatic carbocycles. The van der Waals surface area contributed by atoms with Gasteiger partial charge in [-0.3, -0.25) is 4.79 Å². The maximum atomic E-state index is 11.0. The first-order valence-electron chi connectivity index (χ1n) is 4.66. The number of amides is 1. The summed E-state index contributed by atoms with van der Waals surface area (Å²) in [6.45, 7) is 2.73. The molecule has 0 saturated carbocycles. The molecule has 1 N–H and O–H groups in total. The summed E-state index contributed by atoms with van der Waals surface area (Å²) >= 11 is 3.10. The van der Waals surface area contributed by atoms with E-state index in [0.29, 0.717) is 11.9 Å². The van der Waals surface area contributed by atoms with Gasteiger partial charge in [0.05, 0.1) is 5.33 Å². The van der Waals surface area contributed by atoms with E-state index in [9.17, 15) is 4.79 Å². The van der Waals surface area contributed by atoms with Gasteiger partial charge >= 0.3 is 0 Å². The van der Waals surface area contributed by atoms with Crippen molar-refractivity contribution in [1.29, 1.82) is 0 Å². The van der Waals surface area contributed by atoms with Gasteiger partial charge in [0.15, 0.2) is 0 Å². The summed E-state index contributed by atoms with van der Waals surface area (Å²) in [4.78, 5) is 11.0. The van der Waals surface area contributed by atoms with Crippen LogP contribution in [0.1, 0.15) is 18.1 Å². The number of hydrogen-bond donors (Lipinski definition) is 1. The summed E-state index contributed by atoms with van der Waals surface area (Å²) in [7, 11) is 0. The van der Waals surface area contributed by atoms with Crippen LogP contribution < -0.4 is 5.32 Å². The van der Waals surface area contributed by atoms with Gasteiger partial charge in [0.2, 0.25) is 5.91 Å². The number of halogens is 1. The zero-order chi connectivity index (χ0) is 10.4. The molecular weight excluding hydrogens is 242 g/mol. The van der Waals surface area contributed by atoms with Gasteiger partial charge in [-0.25, -0.2) is 0 Å². The van der Waals surface area contributed by atoms with Crippen molar-refractivity contribution in [3.05, 3.63) is 35.4 Å². The van der Waals surface area contributed by atoms with Gasteiger partial charge < -0.3 is 5.32 Å². The minimum absolute atomic E-state index is 0.0181. The largest absolute Gasteiger partial charge is 0.351 e. The van der Waals surface area contributed by atoms with Crippen molar-refractivity contribution in [2.45, 2.75) is 19.9 Å². The average Bonchev–Trinajstić information content (AvgIpc) is 2.26. The van der Waals surface area contributed by atoms with Gasteiger partial charge in [-0.05, 0) is 17.5 Å². The molecule has 0 aliphatic carbocycles. The van der Waals surface area contributed by atoms with Crippen LogP contribution in [0, 0.1) is 0 Å². The van der Waals surface area contributed by atoms with Crippen molar-refractivity contribution in [3.8, 4) is 0 Å². The third kappa shape index (κ3) is 3.50. The molecule has 0 fully saturated rings. The SMILES string of the molecule is CCc1ccc(CNC(=O)CBr)cc1.